The minimum Gasteiger partial charge on any atom is -1.00 e. The lowest BCUT2D eigenvalue weighted by Gasteiger charge is -2.50. The Bertz CT molecular complexity index is 552. The average molecular weight is 410 g/mol. The fourth-order valence-corrected chi connectivity index (χ4v) is 5.34. The minimum atomic E-state index is -0.817. The van der Waals surface area contributed by atoms with Gasteiger partial charge >= 0.3 is 0 Å². The zero-order valence-corrected chi connectivity index (χ0v) is 17.0. The van der Waals surface area contributed by atoms with Crippen LogP contribution in [0.3, 0.4) is 0 Å². The summed E-state index contributed by atoms with van der Waals surface area (Å²) in [6, 6.07) is 10.3. The van der Waals surface area contributed by atoms with Crippen molar-refractivity contribution in [3.8, 4) is 0 Å². The van der Waals surface area contributed by atoms with E-state index in [1.807, 2.05) is 18.2 Å². The summed E-state index contributed by atoms with van der Waals surface area (Å²) in [5.74, 6) is 1.04. The molecule has 4 heteroatoms. The summed E-state index contributed by atoms with van der Waals surface area (Å²) in [5, 5.41) is 11.6. The molecule has 5 rings (SSSR count). The Morgan fingerprint density at radius 1 is 1.08 bits per heavy atom. The van der Waals surface area contributed by atoms with E-state index in [1.165, 1.54) is 38.8 Å². The monoisotopic (exact) mass is 409 g/mol. The molecule has 4 fully saturated rings. The van der Waals surface area contributed by atoms with E-state index >= 15 is 0 Å². The number of benzene rings is 1. The summed E-state index contributed by atoms with van der Waals surface area (Å²) in [5.41, 5.74) is 0.223. The Labute approximate surface area is 162 Å². The Morgan fingerprint density at radius 3 is 2.32 bits per heavy atom. The van der Waals surface area contributed by atoms with Gasteiger partial charge in [-0.2, -0.15) is 0 Å². The molecule has 2 bridgehead atoms. The molecular formula is C21H32BrNO2. The number of aliphatic hydroxyl groups is 1. The van der Waals surface area contributed by atoms with Crippen molar-refractivity contribution in [3.63, 3.8) is 0 Å². The van der Waals surface area contributed by atoms with E-state index in [0.29, 0.717) is 24.5 Å². The van der Waals surface area contributed by atoms with E-state index in [9.17, 15) is 5.11 Å². The molecular weight excluding hydrogens is 378 g/mol. The first kappa shape index (κ1) is 19.3. The molecule has 25 heavy (non-hydrogen) atoms. The first-order valence-corrected chi connectivity index (χ1v) is 9.82. The van der Waals surface area contributed by atoms with Crippen molar-refractivity contribution in [1.29, 1.82) is 0 Å². The second kappa shape index (κ2) is 7.67. The number of hydrogen-bond donors (Lipinski definition) is 1. The van der Waals surface area contributed by atoms with Gasteiger partial charge in [-0.1, -0.05) is 43.2 Å². The van der Waals surface area contributed by atoms with E-state index in [1.54, 1.807) is 0 Å². The van der Waals surface area contributed by atoms with Gasteiger partial charge in [0.25, 0.3) is 0 Å². The fraction of sp³-hybridized carbons (Fsp3) is 0.714. The Hall–Kier alpha value is -0.420. The van der Waals surface area contributed by atoms with E-state index in [-0.39, 0.29) is 17.0 Å². The summed E-state index contributed by atoms with van der Waals surface area (Å²) in [6.45, 7) is 4.19. The van der Waals surface area contributed by atoms with Gasteiger partial charge in [-0.3, -0.25) is 0 Å². The number of rotatable bonds is 5. The summed E-state index contributed by atoms with van der Waals surface area (Å²) < 4.78 is 7.61. The molecule has 0 spiro atoms. The van der Waals surface area contributed by atoms with Crippen molar-refractivity contribution in [2.24, 2.45) is 11.8 Å². The molecule has 3 nitrogen and oxygen atoms in total. The molecule has 140 valence electrons. The van der Waals surface area contributed by atoms with Crippen LogP contribution in [0.15, 0.2) is 30.3 Å². The molecule has 0 unspecified atom stereocenters. The van der Waals surface area contributed by atoms with Crippen LogP contribution >= 0.6 is 0 Å². The van der Waals surface area contributed by atoms with Gasteiger partial charge in [-0.25, -0.2) is 0 Å². The first-order valence-electron chi connectivity index (χ1n) is 9.82. The van der Waals surface area contributed by atoms with Crippen molar-refractivity contribution in [2.45, 2.75) is 50.2 Å². The molecule has 0 aromatic heterocycles. The first-order chi connectivity index (χ1) is 11.6. The van der Waals surface area contributed by atoms with E-state index < -0.39 is 5.60 Å². The molecule has 1 aromatic carbocycles. The quantitative estimate of drug-likeness (QED) is 0.709. The Morgan fingerprint density at radius 2 is 1.72 bits per heavy atom. The topological polar surface area (TPSA) is 29.5 Å². The lowest BCUT2D eigenvalue weighted by molar-refractivity contribution is -0.928. The van der Waals surface area contributed by atoms with Crippen LogP contribution < -0.4 is 17.0 Å². The molecule has 4 aliphatic rings. The molecule has 1 aliphatic carbocycles. The van der Waals surface area contributed by atoms with Gasteiger partial charge < -0.3 is 31.3 Å². The maximum atomic E-state index is 11.6. The molecule has 3 heterocycles. The molecule has 2 atom stereocenters. The highest BCUT2D eigenvalue weighted by atomic mass is 79.9. The van der Waals surface area contributed by atoms with Crippen molar-refractivity contribution in [3.05, 3.63) is 35.9 Å². The highest BCUT2D eigenvalue weighted by Crippen LogP contribution is 2.42. The maximum Gasteiger partial charge on any atom is 0.116 e. The highest BCUT2D eigenvalue weighted by Gasteiger charge is 2.46. The lowest BCUT2D eigenvalue weighted by atomic mass is 9.80. The maximum absolute atomic E-state index is 11.6. The van der Waals surface area contributed by atoms with Crippen molar-refractivity contribution >= 4 is 0 Å². The number of nitrogens with zero attached hydrogens (tertiary/aromatic N) is 1. The predicted molar refractivity (Wildman–Crippen MR) is 95.5 cm³/mol. The highest BCUT2D eigenvalue weighted by molar-refractivity contribution is 5.24. The van der Waals surface area contributed by atoms with Crippen LogP contribution in [0.1, 0.15) is 44.1 Å². The molecule has 1 saturated carbocycles. The number of quaternary nitrogens is 1. The van der Waals surface area contributed by atoms with E-state index in [4.69, 9.17) is 4.74 Å². The summed E-state index contributed by atoms with van der Waals surface area (Å²) in [4.78, 5) is 0. The molecule has 0 radical (unpaired) electrons. The normalized spacial score (nSPS) is 34.5. The number of hydrogen-bond acceptors (Lipinski definition) is 2. The van der Waals surface area contributed by atoms with Crippen LogP contribution in [0.5, 0.6) is 0 Å². The van der Waals surface area contributed by atoms with Gasteiger partial charge in [0.1, 0.15) is 18.2 Å². The van der Waals surface area contributed by atoms with E-state index in [0.717, 1.165) is 29.4 Å². The lowest BCUT2D eigenvalue weighted by Crippen LogP contribution is -3.00. The Balaban J connectivity index is 0.00000182. The third kappa shape index (κ3) is 3.83. The summed E-state index contributed by atoms with van der Waals surface area (Å²) in [6.07, 6.45) is 7.62. The second-order valence-electron chi connectivity index (χ2n) is 8.71. The molecule has 0 amide bonds. The minimum absolute atomic E-state index is 0. The van der Waals surface area contributed by atoms with Crippen LogP contribution in [-0.2, 0) is 10.3 Å². The molecule has 3 aliphatic heterocycles. The van der Waals surface area contributed by atoms with Crippen molar-refractivity contribution in [2.75, 3.05) is 33.3 Å². The van der Waals surface area contributed by atoms with Gasteiger partial charge in [-0.15, -0.1) is 0 Å². The second-order valence-corrected chi connectivity index (χ2v) is 8.71. The fourth-order valence-electron chi connectivity index (χ4n) is 5.34. The van der Waals surface area contributed by atoms with E-state index in [2.05, 4.69) is 19.2 Å². The summed E-state index contributed by atoms with van der Waals surface area (Å²) in [7, 11) is 2.37. The third-order valence-corrected chi connectivity index (χ3v) is 7.05. The third-order valence-electron chi connectivity index (χ3n) is 7.05. The molecule has 1 N–H and O–H groups in total. The molecule has 1 aromatic rings. The number of ether oxygens (including phenoxy) is 1. The molecule has 3 saturated heterocycles. The van der Waals surface area contributed by atoms with Crippen molar-refractivity contribution < 1.29 is 31.3 Å². The van der Waals surface area contributed by atoms with Gasteiger partial charge in [0.2, 0.25) is 0 Å². The number of piperidine rings is 3. The number of fused-ring (bicyclic) bond motifs is 3. The largest absolute Gasteiger partial charge is 1.00 e. The van der Waals surface area contributed by atoms with Gasteiger partial charge in [-0.05, 0) is 24.3 Å². The predicted octanol–water partition coefficient (Wildman–Crippen LogP) is 0.324. The summed E-state index contributed by atoms with van der Waals surface area (Å²) >= 11 is 0. The zero-order valence-electron chi connectivity index (χ0n) is 15.4. The van der Waals surface area contributed by atoms with Crippen molar-refractivity contribution in [1.82, 2.24) is 0 Å². The number of halogens is 1. The standard InChI is InChI=1S/C21H32NO2.BrH/c1-22-13-11-17(12-14-22)20(15-22)24-16-21(23,19-9-5-6-10-19)18-7-3-2-4-8-18;/h2-4,7-8,17,19-20,23H,5-6,9-16H2,1H3;1H/q+1;/p-1/t17?,20-,21+,22?;/m0./s1. The zero-order chi connectivity index (χ0) is 16.6. The Kier molecular flexibility index (Phi) is 5.94. The van der Waals surface area contributed by atoms with Gasteiger partial charge in [0.15, 0.2) is 0 Å². The SMILES string of the molecule is C[N+]12CCC(CC1)[C@@H](OC[C@@](O)(c1ccccc1)C1CCCC1)C2.[Br-]. The average Bonchev–Trinajstić information content (AvgIpc) is 3.16. The smallest absolute Gasteiger partial charge is 0.116 e. The van der Waals surface area contributed by atoms with Gasteiger partial charge in [0.05, 0.1) is 26.7 Å². The number of likely N-dealkylation sites (N-methyl/N-ethyl adjacent to an activating group) is 1. The van der Waals surface area contributed by atoms with Crippen LogP contribution in [0.25, 0.3) is 0 Å². The van der Waals surface area contributed by atoms with Crippen LogP contribution in [0.4, 0.5) is 0 Å². The van der Waals surface area contributed by atoms with Crippen LogP contribution in [0.2, 0.25) is 0 Å². The van der Waals surface area contributed by atoms with Gasteiger partial charge in [0, 0.05) is 18.8 Å². The van der Waals surface area contributed by atoms with Crippen LogP contribution in [0, 0.1) is 11.8 Å². The van der Waals surface area contributed by atoms with Crippen LogP contribution in [-0.4, -0.2) is 49.0 Å².